The Hall–Kier alpha value is -1.56. The van der Waals surface area contributed by atoms with Gasteiger partial charge in [0, 0.05) is 11.8 Å². The summed E-state index contributed by atoms with van der Waals surface area (Å²) in [4.78, 5) is 24.0. The van der Waals surface area contributed by atoms with E-state index in [-0.39, 0.29) is 30.1 Å². The van der Waals surface area contributed by atoms with E-state index in [0.717, 1.165) is 5.56 Å². The zero-order valence-corrected chi connectivity index (χ0v) is 12.3. The van der Waals surface area contributed by atoms with Gasteiger partial charge in [0.2, 0.25) is 5.91 Å². The van der Waals surface area contributed by atoms with Gasteiger partial charge in [0.25, 0.3) is 0 Å². The maximum Gasteiger partial charge on any atom is 0.323 e. The minimum atomic E-state index is -1.02. The number of benzene rings is 1. The molecule has 0 aliphatic heterocycles. The van der Waals surface area contributed by atoms with Gasteiger partial charge < -0.3 is 10.0 Å². The fraction of sp³-hybridized carbons (Fsp3) is 0.429. The fourth-order valence-corrected chi connectivity index (χ4v) is 2.49. The lowest BCUT2D eigenvalue weighted by Gasteiger charge is -2.24. The van der Waals surface area contributed by atoms with Gasteiger partial charge in [-0.05, 0) is 31.5 Å². The number of hydrogen-bond acceptors (Lipinski definition) is 3. The number of halogens is 1. The van der Waals surface area contributed by atoms with Crippen LogP contribution < -0.4 is 0 Å². The highest BCUT2D eigenvalue weighted by atomic mass is 32.2. The summed E-state index contributed by atoms with van der Waals surface area (Å²) in [6.45, 7) is 3.28. The summed E-state index contributed by atoms with van der Waals surface area (Å²) in [5.74, 6) is -0.708. The number of hydrogen-bond donors (Lipinski definition) is 1. The average Bonchev–Trinajstić information content (AvgIpc) is 2.37. The van der Waals surface area contributed by atoms with E-state index in [1.54, 1.807) is 26.0 Å². The van der Waals surface area contributed by atoms with Crippen LogP contribution in [0.15, 0.2) is 24.3 Å². The summed E-state index contributed by atoms with van der Waals surface area (Å²) < 4.78 is 12.7. The molecule has 0 saturated carbocycles. The first-order valence-corrected chi connectivity index (χ1v) is 7.39. The molecule has 4 nitrogen and oxygen atoms in total. The molecule has 0 aliphatic rings. The Kier molecular flexibility index (Phi) is 6.51. The van der Waals surface area contributed by atoms with Crippen LogP contribution in [0.1, 0.15) is 19.4 Å². The maximum atomic E-state index is 12.7. The SMILES string of the molecule is CC(C)N(CC(=O)O)C(=O)CSCc1ccc(F)cc1. The van der Waals surface area contributed by atoms with Crippen LogP contribution in [-0.4, -0.2) is 40.2 Å². The average molecular weight is 299 g/mol. The number of aliphatic carboxylic acids is 1. The van der Waals surface area contributed by atoms with Crippen molar-refractivity contribution < 1.29 is 19.1 Å². The Balaban J connectivity index is 2.44. The molecule has 0 bridgehead atoms. The first kappa shape index (κ1) is 16.5. The molecule has 0 spiro atoms. The van der Waals surface area contributed by atoms with Crippen molar-refractivity contribution in [1.29, 1.82) is 0 Å². The normalized spacial score (nSPS) is 10.6. The van der Waals surface area contributed by atoms with Crippen LogP contribution in [-0.2, 0) is 15.3 Å². The summed E-state index contributed by atoms with van der Waals surface area (Å²) in [7, 11) is 0. The number of carbonyl (C=O) groups excluding carboxylic acids is 1. The molecule has 0 aliphatic carbocycles. The summed E-state index contributed by atoms with van der Waals surface area (Å²) in [6, 6.07) is 5.95. The van der Waals surface area contributed by atoms with Gasteiger partial charge in [0.05, 0.1) is 5.75 Å². The number of carboxylic acid groups (broad SMARTS) is 1. The highest BCUT2D eigenvalue weighted by Crippen LogP contribution is 2.14. The van der Waals surface area contributed by atoms with Crippen LogP contribution in [0.4, 0.5) is 4.39 Å². The van der Waals surface area contributed by atoms with Gasteiger partial charge in [0.15, 0.2) is 0 Å². The number of thioether (sulfide) groups is 1. The van der Waals surface area contributed by atoms with Gasteiger partial charge in [-0.3, -0.25) is 9.59 Å². The molecule has 0 saturated heterocycles. The Morgan fingerprint density at radius 1 is 1.30 bits per heavy atom. The van der Waals surface area contributed by atoms with Gasteiger partial charge >= 0.3 is 5.97 Å². The molecule has 0 unspecified atom stereocenters. The van der Waals surface area contributed by atoms with Crippen molar-refractivity contribution in [3.05, 3.63) is 35.6 Å². The predicted octanol–water partition coefficient (Wildman–Crippen LogP) is 2.38. The molecule has 1 N–H and O–H groups in total. The second kappa shape index (κ2) is 7.89. The number of nitrogens with zero attached hydrogens (tertiary/aromatic N) is 1. The molecule has 0 fully saturated rings. The Morgan fingerprint density at radius 3 is 2.40 bits per heavy atom. The molecule has 1 aromatic rings. The molecule has 6 heteroatoms. The molecule has 1 rings (SSSR count). The molecule has 1 amide bonds. The van der Waals surface area contributed by atoms with Gasteiger partial charge in [-0.25, -0.2) is 4.39 Å². The molecule has 0 aromatic heterocycles. The molecular formula is C14H18FNO3S. The van der Waals surface area contributed by atoms with E-state index in [1.165, 1.54) is 28.8 Å². The summed E-state index contributed by atoms with van der Waals surface area (Å²) in [5, 5.41) is 8.77. The van der Waals surface area contributed by atoms with Crippen LogP contribution in [0.25, 0.3) is 0 Å². The van der Waals surface area contributed by atoms with Crippen molar-refractivity contribution in [2.75, 3.05) is 12.3 Å². The van der Waals surface area contributed by atoms with Crippen molar-refractivity contribution in [3.63, 3.8) is 0 Å². The zero-order chi connectivity index (χ0) is 15.1. The lowest BCUT2D eigenvalue weighted by molar-refractivity contribution is -0.144. The highest BCUT2D eigenvalue weighted by molar-refractivity contribution is 7.99. The van der Waals surface area contributed by atoms with Crippen molar-refractivity contribution in [2.45, 2.75) is 25.6 Å². The highest BCUT2D eigenvalue weighted by Gasteiger charge is 2.19. The quantitative estimate of drug-likeness (QED) is 0.840. The van der Waals surface area contributed by atoms with Crippen molar-refractivity contribution in [1.82, 2.24) is 4.90 Å². The lowest BCUT2D eigenvalue weighted by Crippen LogP contribution is -2.41. The Bertz CT molecular complexity index is 462. The zero-order valence-electron chi connectivity index (χ0n) is 11.5. The lowest BCUT2D eigenvalue weighted by atomic mass is 10.2. The summed E-state index contributed by atoms with van der Waals surface area (Å²) in [6.07, 6.45) is 0. The topological polar surface area (TPSA) is 57.6 Å². The first-order chi connectivity index (χ1) is 9.40. The Morgan fingerprint density at radius 2 is 1.90 bits per heavy atom. The van der Waals surface area contributed by atoms with Gasteiger partial charge in [-0.2, -0.15) is 0 Å². The maximum absolute atomic E-state index is 12.7. The van der Waals surface area contributed by atoms with Crippen molar-refractivity contribution in [3.8, 4) is 0 Å². The largest absolute Gasteiger partial charge is 0.480 e. The van der Waals surface area contributed by atoms with Crippen LogP contribution in [0.2, 0.25) is 0 Å². The van der Waals surface area contributed by atoms with Crippen LogP contribution in [0.5, 0.6) is 0 Å². The van der Waals surface area contributed by atoms with Gasteiger partial charge in [-0.1, -0.05) is 12.1 Å². The van der Waals surface area contributed by atoms with Crippen LogP contribution in [0, 0.1) is 5.82 Å². The summed E-state index contributed by atoms with van der Waals surface area (Å²) in [5.41, 5.74) is 0.929. The molecule has 0 atom stereocenters. The van der Waals surface area contributed by atoms with E-state index in [4.69, 9.17) is 5.11 Å². The number of rotatable bonds is 7. The minimum absolute atomic E-state index is 0.148. The van der Waals surface area contributed by atoms with E-state index in [0.29, 0.717) is 5.75 Å². The van der Waals surface area contributed by atoms with Gasteiger partial charge in [-0.15, -0.1) is 11.8 Å². The molecule has 20 heavy (non-hydrogen) atoms. The minimum Gasteiger partial charge on any atom is -0.480 e. The summed E-state index contributed by atoms with van der Waals surface area (Å²) >= 11 is 1.39. The fourth-order valence-electron chi connectivity index (χ4n) is 1.62. The number of amides is 1. The number of carbonyl (C=O) groups is 2. The third-order valence-corrected chi connectivity index (χ3v) is 3.65. The third kappa shape index (κ3) is 5.61. The third-order valence-electron chi connectivity index (χ3n) is 2.66. The van der Waals surface area contributed by atoms with Crippen molar-refractivity contribution >= 4 is 23.6 Å². The smallest absolute Gasteiger partial charge is 0.323 e. The first-order valence-electron chi connectivity index (χ1n) is 6.23. The van der Waals surface area contributed by atoms with Crippen LogP contribution >= 0.6 is 11.8 Å². The molecule has 0 heterocycles. The predicted molar refractivity (Wildman–Crippen MR) is 77.0 cm³/mol. The van der Waals surface area contributed by atoms with E-state index < -0.39 is 5.97 Å². The number of carboxylic acids is 1. The monoisotopic (exact) mass is 299 g/mol. The molecular weight excluding hydrogens is 281 g/mol. The molecule has 1 aromatic carbocycles. The van der Waals surface area contributed by atoms with E-state index in [2.05, 4.69) is 0 Å². The van der Waals surface area contributed by atoms with E-state index >= 15 is 0 Å². The van der Waals surface area contributed by atoms with Gasteiger partial charge in [0.1, 0.15) is 12.4 Å². The van der Waals surface area contributed by atoms with Crippen LogP contribution in [0.3, 0.4) is 0 Å². The molecule has 110 valence electrons. The molecule has 0 radical (unpaired) electrons. The van der Waals surface area contributed by atoms with Crippen molar-refractivity contribution in [2.24, 2.45) is 0 Å². The van der Waals surface area contributed by atoms with E-state index in [9.17, 15) is 14.0 Å². The Labute approximate surface area is 122 Å². The van der Waals surface area contributed by atoms with E-state index in [1.807, 2.05) is 0 Å². The second-order valence-corrected chi connectivity index (χ2v) is 5.61. The standard InChI is InChI=1S/C14H18FNO3S/c1-10(2)16(7-14(18)19)13(17)9-20-8-11-3-5-12(15)6-4-11/h3-6,10H,7-9H2,1-2H3,(H,18,19). The second-order valence-electron chi connectivity index (χ2n) is 4.63.